The summed E-state index contributed by atoms with van der Waals surface area (Å²) in [6.07, 6.45) is -2.96. The van der Waals surface area contributed by atoms with Crippen LogP contribution in [0, 0.1) is 29.3 Å². The molecule has 0 bridgehead atoms. The summed E-state index contributed by atoms with van der Waals surface area (Å²) in [7, 11) is 0. The Hall–Kier alpha value is -3.08. The maximum atomic E-state index is 15.2. The predicted octanol–water partition coefficient (Wildman–Crippen LogP) is 9.03. The molecule has 238 valence electrons. The number of hydrogen-bond donors (Lipinski definition) is 1. The SMILES string of the molecule is O=C(CCC1CC1)Cc1c(F)ccc(CC(=O)c2cc(NC(=O)[C@H]3[C@H](c4ccc(F)c(C(F)(F)F)c4)C3(Cl)Cl)ccc2Cl)c1F. The van der Waals surface area contributed by atoms with Crippen molar-refractivity contribution in [3.8, 4) is 0 Å². The fraction of sp³-hybridized carbons (Fsp3) is 0.344. The van der Waals surface area contributed by atoms with Crippen LogP contribution < -0.4 is 5.32 Å². The van der Waals surface area contributed by atoms with E-state index in [0.717, 1.165) is 31.0 Å². The molecular weight excluding hydrogens is 667 g/mol. The number of ketones is 2. The summed E-state index contributed by atoms with van der Waals surface area (Å²) >= 11 is 18.7. The highest BCUT2D eigenvalue weighted by atomic mass is 35.5. The van der Waals surface area contributed by atoms with E-state index in [1.54, 1.807) is 0 Å². The normalized spacial score (nSPS) is 18.9. The third-order valence-electron chi connectivity index (χ3n) is 8.04. The summed E-state index contributed by atoms with van der Waals surface area (Å²) in [6, 6.07) is 8.18. The molecule has 2 aliphatic carbocycles. The fourth-order valence-corrected chi connectivity index (χ4v) is 6.38. The third kappa shape index (κ3) is 7.34. The quantitative estimate of drug-likeness (QED) is 0.124. The predicted molar refractivity (Wildman–Crippen MR) is 157 cm³/mol. The van der Waals surface area contributed by atoms with Crippen LogP contribution in [0.3, 0.4) is 0 Å². The number of anilines is 1. The van der Waals surface area contributed by atoms with Crippen LogP contribution in [0.15, 0.2) is 48.5 Å². The van der Waals surface area contributed by atoms with Gasteiger partial charge in [0.15, 0.2) is 5.78 Å². The molecule has 0 spiro atoms. The van der Waals surface area contributed by atoms with Crippen molar-refractivity contribution >= 4 is 58.0 Å². The van der Waals surface area contributed by atoms with Gasteiger partial charge in [-0.3, -0.25) is 14.4 Å². The molecule has 2 fully saturated rings. The van der Waals surface area contributed by atoms with Gasteiger partial charge < -0.3 is 5.32 Å². The van der Waals surface area contributed by atoms with E-state index < -0.39 is 75.5 Å². The number of hydrogen-bond acceptors (Lipinski definition) is 3. The molecule has 0 saturated heterocycles. The van der Waals surface area contributed by atoms with Crippen LogP contribution in [0.1, 0.15) is 64.2 Å². The number of alkyl halides is 5. The number of rotatable bonds is 11. The third-order valence-corrected chi connectivity index (χ3v) is 9.31. The van der Waals surface area contributed by atoms with E-state index in [4.69, 9.17) is 34.8 Å². The lowest BCUT2D eigenvalue weighted by Gasteiger charge is -2.12. The van der Waals surface area contributed by atoms with E-state index in [1.165, 1.54) is 18.2 Å². The van der Waals surface area contributed by atoms with Crippen molar-refractivity contribution in [2.24, 2.45) is 11.8 Å². The first-order valence-corrected chi connectivity index (χ1v) is 15.1. The lowest BCUT2D eigenvalue weighted by atomic mass is 9.97. The first-order chi connectivity index (χ1) is 21.1. The van der Waals surface area contributed by atoms with Crippen molar-refractivity contribution in [3.63, 3.8) is 0 Å². The summed E-state index contributed by atoms with van der Waals surface area (Å²) in [5.41, 5.74) is -2.24. The molecule has 4 nitrogen and oxygen atoms in total. The molecule has 1 amide bonds. The number of carbonyl (C=O) groups excluding carboxylic acids is 3. The van der Waals surface area contributed by atoms with Gasteiger partial charge in [-0.05, 0) is 59.9 Å². The van der Waals surface area contributed by atoms with Gasteiger partial charge in [-0.25, -0.2) is 13.2 Å². The number of benzene rings is 3. The maximum absolute atomic E-state index is 15.2. The minimum atomic E-state index is -4.98. The minimum absolute atomic E-state index is 0.0321. The van der Waals surface area contributed by atoms with Crippen molar-refractivity contribution in [2.75, 3.05) is 5.32 Å². The summed E-state index contributed by atoms with van der Waals surface area (Å²) in [5, 5.41) is 2.47. The highest BCUT2D eigenvalue weighted by Gasteiger charge is 2.67. The van der Waals surface area contributed by atoms with Gasteiger partial charge in [0.05, 0.1) is 16.5 Å². The molecule has 0 radical (unpaired) electrons. The Balaban J connectivity index is 1.29. The average Bonchev–Trinajstić information content (AvgIpc) is 3.88. The minimum Gasteiger partial charge on any atom is -0.326 e. The number of nitrogens with one attached hydrogen (secondary N) is 1. The van der Waals surface area contributed by atoms with Crippen molar-refractivity contribution in [3.05, 3.63) is 98.8 Å². The molecule has 0 aliphatic heterocycles. The van der Waals surface area contributed by atoms with Gasteiger partial charge in [0.1, 0.15) is 27.6 Å². The maximum Gasteiger partial charge on any atom is 0.419 e. The molecule has 13 heteroatoms. The lowest BCUT2D eigenvalue weighted by molar-refractivity contribution is -0.140. The number of carbonyl (C=O) groups is 3. The van der Waals surface area contributed by atoms with Crippen LogP contribution in [0.25, 0.3) is 0 Å². The second-order valence-electron chi connectivity index (χ2n) is 11.3. The molecule has 5 rings (SSSR count). The standard InChI is InChI=1S/C32H24Cl3F6NO3/c33-23-8-6-18(42-30(45)28-27(31(28,34)35)16-4-10-25(37)22(11-16)32(39,40)41)13-20(23)26(44)12-17-5-9-24(36)21(29(17)38)14-19(43)7-3-15-1-2-15/h4-6,8-11,13,15,27-28H,1-3,7,12,14H2,(H,42,45)/t27-,28+/m0/s1. The molecule has 45 heavy (non-hydrogen) atoms. The zero-order valence-electron chi connectivity index (χ0n) is 23.2. The molecule has 3 aromatic rings. The lowest BCUT2D eigenvalue weighted by Crippen LogP contribution is -2.18. The molecule has 2 atom stereocenters. The van der Waals surface area contributed by atoms with E-state index in [9.17, 15) is 36.3 Å². The Kier molecular flexibility index (Phi) is 9.33. The second-order valence-corrected chi connectivity index (χ2v) is 13.2. The topological polar surface area (TPSA) is 63.2 Å². The number of amides is 1. The van der Waals surface area contributed by atoms with Gasteiger partial charge in [-0.1, -0.05) is 36.6 Å². The summed E-state index contributed by atoms with van der Waals surface area (Å²) in [5.74, 6) is -6.98. The first-order valence-electron chi connectivity index (χ1n) is 13.9. The zero-order chi connectivity index (χ0) is 32.8. The van der Waals surface area contributed by atoms with Crippen molar-refractivity contribution in [1.29, 1.82) is 0 Å². The average molecular weight is 691 g/mol. The molecule has 0 heterocycles. The van der Waals surface area contributed by atoms with E-state index in [1.807, 2.05) is 0 Å². The van der Waals surface area contributed by atoms with E-state index in [-0.39, 0.29) is 39.6 Å². The van der Waals surface area contributed by atoms with Crippen LogP contribution >= 0.6 is 34.8 Å². The summed E-state index contributed by atoms with van der Waals surface area (Å²) in [4.78, 5) is 38.5. The Morgan fingerprint density at radius 2 is 1.60 bits per heavy atom. The number of Topliss-reactive ketones (excluding diaryl/α,β-unsaturated/α-hetero) is 2. The van der Waals surface area contributed by atoms with Gasteiger partial charge >= 0.3 is 6.18 Å². The summed E-state index contributed by atoms with van der Waals surface area (Å²) < 4.78 is 81.3. The van der Waals surface area contributed by atoms with Gasteiger partial charge in [0.2, 0.25) is 5.91 Å². The molecule has 2 aliphatic rings. The molecular formula is C32H24Cl3F6NO3. The van der Waals surface area contributed by atoms with E-state index in [0.29, 0.717) is 24.5 Å². The van der Waals surface area contributed by atoms with Gasteiger partial charge in [-0.15, -0.1) is 23.2 Å². The Bertz CT molecular complexity index is 1690. The van der Waals surface area contributed by atoms with Crippen molar-refractivity contribution in [1.82, 2.24) is 0 Å². The van der Waals surface area contributed by atoms with Crippen molar-refractivity contribution in [2.45, 2.75) is 55.0 Å². The Labute approximate surface area is 269 Å². The molecule has 0 unspecified atom stereocenters. The molecule has 1 N–H and O–H groups in total. The van der Waals surface area contributed by atoms with Gasteiger partial charge in [0, 0.05) is 42.0 Å². The monoisotopic (exact) mass is 689 g/mol. The van der Waals surface area contributed by atoms with E-state index in [2.05, 4.69) is 5.32 Å². The van der Waals surface area contributed by atoms with Crippen LogP contribution in [0.4, 0.5) is 32.0 Å². The molecule has 3 aromatic carbocycles. The zero-order valence-corrected chi connectivity index (χ0v) is 25.5. The Morgan fingerprint density at radius 1 is 0.911 bits per heavy atom. The largest absolute Gasteiger partial charge is 0.419 e. The number of halogens is 9. The first kappa shape index (κ1) is 33.3. The van der Waals surface area contributed by atoms with Gasteiger partial charge in [0.25, 0.3) is 0 Å². The van der Waals surface area contributed by atoms with Crippen LogP contribution in [0.2, 0.25) is 5.02 Å². The van der Waals surface area contributed by atoms with Gasteiger partial charge in [-0.2, -0.15) is 13.2 Å². The molecule has 2 saturated carbocycles. The van der Waals surface area contributed by atoms with Crippen LogP contribution in [-0.4, -0.2) is 21.8 Å². The van der Waals surface area contributed by atoms with Crippen LogP contribution in [0.5, 0.6) is 0 Å². The highest BCUT2D eigenvalue weighted by molar-refractivity contribution is 6.53. The smallest absolute Gasteiger partial charge is 0.326 e. The summed E-state index contributed by atoms with van der Waals surface area (Å²) in [6.45, 7) is 0. The second kappa shape index (κ2) is 12.6. The van der Waals surface area contributed by atoms with Crippen LogP contribution in [-0.2, 0) is 28.6 Å². The van der Waals surface area contributed by atoms with E-state index >= 15 is 4.39 Å². The Morgan fingerprint density at radius 3 is 2.27 bits per heavy atom. The van der Waals surface area contributed by atoms with Crippen molar-refractivity contribution < 1.29 is 40.7 Å². The molecule has 0 aromatic heterocycles. The highest BCUT2D eigenvalue weighted by Crippen LogP contribution is 2.65. The fourth-order valence-electron chi connectivity index (χ4n) is 5.33.